The fourth-order valence-electron chi connectivity index (χ4n) is 0.161. The third kappa shape index (κ3) is 5.14. The molecule has 0 fully saturated rings. The van der Waals surface area contributed by atoms with Crippen molar-refractivity contribution in [3.8, 4) is 0 Å². The maximum atomic E-state index is 11.1. The monoisotopic (exact) mass is 103 g/mol. The van der Waals surface area contributed by atoms with Crippen LogP contribution in [0.3, 0.4) is 0 Å². The van der Waals surface area contributed by atoms with Crippen molar-refractivity contribution < 1.29 is 9.18 Å². The Kier molecular flexibility index (Phi) is 2.92. The molecule has 2 N–H and O–H groups in total. The van der Waals surface area contributed by atoms with Crippen molar-refractivity contribution in [2.75, 3.05) is 6.67 Å². The number of rotatable bonds is 2. The van der Waals surface area contributed by atoms with Gasteiger partial charge in [0.05, 0.1) is 0 Å². The maximum absolute atomic E-state index is 11.1. The third-order valence-electron chi connectivity index (χ3n) is 0.371. The molecule has 0 aliphatic rings. The van der Waals surface area contributed by atoms with E-state index in [9.17, 15) is 9.18 Å². The van der Waals surface area contributed by atoms with Gasteiger partial charge in [0, 0.05) is 6.08 Å². The Bertz CT molecular complexity index is 89.7. The van der Waals surface area contributed by atoms with Crippen molar-refractivity contribution >= 4 is 5.91 Å². The van der Waals surface area contributed by atoms with E-state index in [1.165, 1.54) is 0 Å². The molecule has 0 heterocycles. The van der Waals surface area contributed by atoms with Gasteiger partial charge in [0.1, 0.15) is 6.67 Å². The Balaban J connectivity index is 3.26. The molecule has 0 aliphatic heterocycles. The average molecular weight is 103 g/mol. The van der Waals surface area contributed by atoms with Crippen LogP contribution >= 0.6 is 0 Å². The third-order valence-corrected chi connectivity index (χ3v) is 0.371. The van der Waals surface area contributed by atoms with Crippen LogP contribution in [0.1, 0.15) is 0 Å². The first-order valence-electron chi connectivity index (χ1n) is 1.79. The molecule has 3 heteroatoms. The first kappa shape index (κ1) is 6.14. The lowest BCUT2D eigenvalue weighted by atomic mass is 10.5. The summed E-state index contributed by atoms with van der Waals surface area (Å²) in [5, 5.41) is 0. The number of alkyl halides is 1. The minimum atomic E-state index is -0.636. The van der Waals surface area contributed by atoms with Gasteiger partial charge >= 0.3 is 0 Å². The number of carbonyl (C=O) groups is 1. The molecule has 0 bridgehead atoms. The van der Waals surface area contributed by atoms with Crippen LogP contribution in [0.25, 0.3) is 0 Å². The van der Waals surface area contributed by atoms with Gasteiger partial charge in [0.2, 0.25) is 5.91 Å². The lowest BCUT2D eigenvalue weighted by Crippen LogP contribution is -2.05. The lowest BCUT2D eigenvalue weighted by molar-refractivity contribution is -0.113. The zero-order chi connectivity index (χ0) is 5.70. The minimum Gasteiger partial charge on any atom is -0.366 e. The molecule has 0 aliphatic carbocycles. The van der Waals surface area contributed by atoms with Crippen LogP contribution < -0.4 is 5.73 Å². The van der Waals surface area contributed by atoms with Gasteiger partial charge < -0.3 is 5.73 Å². The second kappa shape index (κ2) is 3.33. The summed E-state index contributed by atoms with van der Waals surface area (Å²) in [5.41, 5.74) is 4.59. The standard InChI is InChI=1S/C4H6FNO/c5-3-1-2-4(6)7/h1-2H,3H2,(H2,6,7)/b2-1+. The number of halogens is 1. The Morgan fingerprint density at radius 3 is 2.57 bits per heavy atom. The van der Waals surface area contributed by atoms with E-state index in [-0.39, 0.29) is 0 Å². The summed E-state index contributed by atoms with van der Waals surface area (Å²) in [6.45, 7) is -0.636. The molecule has 0 radical (unpaired) electrons. The van der Waals surface area contributed by atoms with Crippen LogP contribution in [0.5, 0.6) is 0 Å². The number of amides is 1. The first-order valence-corrected chi connectivity index (χ1v) is 1.79. The van der Waals surface area contributed by atoms with Gasteiger partial charge in [0.15, 0.2) is 0 Å². The van der Waals surface area contributed by atoms with E-state index < -0.39 is 12.6 Å². The number of allylic oxidation sites excluding steroid dienone is 1. The molecule has 0 atom stereocenters. The van der Waals surface area contributed by atoms with E-state index in [1.807, 2.05) is 0 Å². The molecule has 7 heavy (non-hydrogen) atoms. The van der Waals surface area contributed by atoms with Gasteiger partial charge in [-0.05, 0) is 6.08 Å². The molecule has 0 rings (SSSR count). The van der Waals surface area contributed by atoms with E-state index in [1.54, 1.807) is 0 Å². The molecule has 0 saturated heterocycles. The molecule has 0 aromatic heterocycles. The number of primary amides is 1. The SMILES string of the molecule is NC(=O)/C=C/CF. The number of hydrogen-bond acceptors (Lipinski definition) is 1. The van der Waals surface area contributed by atoms with E-state index >= 15 is 0 Å². The molecular weight excluding hydrogens is 97.0 g/mol. The summed E-state index contributed by atoms with van der Waals surface area (Å²) in [7, 11) is 0. The van der Waals surface area contributed by atoms with Crippen molar-refractivity contribution in [1.29, 1.82) is 0 Å². The summed E-state index contributed by atoms with van der Waals surface area (Å²) in [4.78, 5) is 9.73. The van der Waals surface area contributed by atoms with Crippen LogP contribution in [0, 0.1) is 0 Å². The van der Waals surface area contributed by atoms with Crippen LogP contribution in [-0.4, -0.2) is 12.6 Å². The minimum absolute atomic E-state index is 0.613. The van der Waals surface area contributed by atoms with Crippen molar-refractivity contribution in [3.05, 3.63) is 12.2 Å². The summed E-state index contributed by atoms with van der Waals surface area (Å²) in [5.74, 6) is -0.613. The van der Waals surface area contributed by atoms with E-state index in [0.29, 0.717) is 0 Å². The Labute approximate surface area is 40.8 Å². The van der Waals surface area contributed by atoms with Crippen molar-refractivity contribution in [2.24, 2.45) is 5.73 Å². The highest BCUT2D eigenvalue weighted by atomic mass is 19.1. The Morgan fingerprint density at radius 1 is 1.86 bits per heavy atom. The van der Waals surface area contributed by atoms with Gasteiger partial charge in [-0.1, -0.05) is 0 Å². The molecule has 0 aromatic carbocycles. The second-order valence-corrected chi connectivity index (χ2v) is 0.959. The fourth-order valence-corrected chi connectivity index (χ4v) is 0.161. The van der Waals surface area contributed by atoms with Crippen LogP contribution in [0.15, 0.2) is 12.2 Å². The summed E-state index contributed by atoms with van der Waals surface area (Å²) < 4.78 is 11.1. The fraction of sp³-hybridized carbons (Fsp3) is 0.250. The van der Waals surface area contributed by atoms with Crippen LogP contribution in [0.2, 0.25) is 0 Å². The normalized spacial score (nSPS) is 9.86. The number of carbonyl (C=O) groups excluding carboxylic acids is 1. The van der Waals surface area contributed by atoms with Gasteiger partial charge in [-0.3, -0.25) is 4.79 Å². The van der Waals surface area contributed by atoms with Gasteiger partial charge in [-0.15, -0.1) is 0 Å². The van der Waals surface area contributed by atoms with Crippen molar-refractivity contribution in [2.45, 2.75) is 0 Å². The van der Waals surface area contributed by atoms with Crippen molar-refractivity contribution in [3.63, 3.8) is 0 Å². The molecule has 40 valence electrons. The average Bonchev–Trinajstić information content (AvgIpc) is 1.61. The highest BCUT2D eigenvalue weighted by Gasteiger charge is 1.77. The molecular formula is C4H6FNO. The zero-order valence-corrected chi connectivity index (χ0v) is 3.73. The second-order valence-electron chi connectivity index (χ2n) is 0.959. The van der Waals surface area contributed by atoms with E-state index in [2.05, 4.69) is 5.73 Å². The predicted molar refractivity (Wildman–Crippen MR) is 24.3 cm³/mol. The number of hydrogen-bond donors (Lipinski definition) is 1. The molecule has 0 spiro atoms. The van der Waals surface area contributed by atoms with E-state index in [0.717, 1.165) is 12.2 Å². The zero-order valence-electron chi connectivity index (χ0n) is 3.73. The molecule has 2 nitrogen and oxygen atoms in total. The van der Waals surface area contributed by atoms with Gasteiger partial charge in [-0.25, -0.2) is 4.39 Å². The predicted octanol–water partition coefficient (Wildman–Crippen LogP) is -0.00260. The molecule has 0 saturated carbocycles. The largest absolute Gasteiger partial charge is 0.366 e. The van der Waals surface area contributed by atoms with Gasteiger partial charge in [0.25, 0.3) is 0 Å². The highest BCUT2D eigenvalue weighted by Crippen LogP contribution is 1.70. The quantitative estimate of drug-likeness (QED) is 0.491. The topological polar surface area (TPSA) is 43.1 Å². The Hall–Kier alpha value is -0.860. The summed E-state index contributed by atoms with van der Waals surface area (Å²) in [6.07, 6.45) is 2.04. The van der Waals surface area contributed by atoms with Crippen LogP contribution in [0.4, 0.5) is 4.39 Å². The first-order chi connectivity index (χ1) is 3.27. The molecule has 0 aromatic rings. The Morgan fingerprint density at radius 2 is 2.43 bits per heavy atom. The van der Waals surface area contributed by atoms with E-state index in [4.69, 9.17) is 0 Å². The highest BCUT2D eigenvalue weighted by molar-refractivity contribution is 5.85. The smallest absolute Gasteiger partial charge is 0.241 e. The van der Waals surface area contributed by atoms with Crippen molar-refractivity contribution in [1.82, 2.24) is 0 Å². The number of nitrogens with two attached hydrogens (primary N) is 1. The van der Waals surface area contributed by atoms with Gasteiger partial charge in [-0.2, -0.15) is 0 Å². The molecule has 1 amide bonds. The summed E-state index contributed by atoms with van der Waals surface area (Å²) in [6, 6.07) is 0. The molecule has 0 unspecified atom stereocenters. The summed E-state index contributed by atoms with van der Waals surface area (Å²) >= 11 is 0. The maximum Gasteiger partial charge on any atom is 0.241 e. The lowest BCUT2D eigenvalue weighted by Gasteiger charge is -1.73. The van der Waals surface area contributed by atoms with Crippen LogP contribution in [-0.2, 0) is 4.79 Å².